The van der Waals surface area contributed by atoms with Crippen LogP contribution in [0.3, 0.4) is 0 Å². The molecule has 2 saturated heterocycles. The normalized spacial score (nSPS) is 21.4. The molecule has 3 aromatic rings. The van der Waals surface area contributed by atoms with E-state index in [1.807, 2.05) is 12.1 Å². The lowest BCUT2D eigenvalue weighted by Crippen LogP contribution is -2.74. The van der Waals surface area contributed by atoms with Crippen LogP contribution in [0.15, 0.2) is 82.6 Å². The van der Waals surface area contributed by atoms with Crippen LogP contribution in [0, 0.1) is 0 Å². The molecule has 0 bridgehead atoms. The van der Waals surface area contributed by atoms with Crippen LogP contribution < -0.4 is 14.8 Å². The summed E-state index contributed by atoms with van der Waals surface area (Å²) < 4.78 is 46.5. The molecule has 3 atom stereocenters. The van der Waals surface area contributed by atoms with Crippen LogP contribution in [0.2, 0.25) is 0 Å². The summed E-state index contributed by atoms with van der Waals surface area (Å²) in [5, 5.41) is 12.7. The first-order valence-electron chi connectivity index (χ1n) is 12.8. The van der Waals surface area contributed by atoms with Crippen LogP contribution in [0.4, 0.5) is 13.2 Å². The summed E-state index contributed by atoms with van der Waals surface area (Å²) >= 11 is 3.54. The van der Waals surface area contributed by atoms with E-state index in [0.29, 0.717) is 21.8 Å². The molecule has 3 aromatic carbocycles. The zero-order valence-corrected chi connectivity index (χ0v) is 24.9. The smallest absolute Gasteiger partial charge is 0.497 e. The highest BCUT2D eigenvalue weighted by atomic mass is 32.2. The predicted octanol–water partition coefficient (Wildman–Crippen LogP) is 5.37. The summed E-state index contributed by atoms with van der Waals surface area (Å²) in [5.41, 5.74) is 0.948. The minimum absolute atomic E-state index is 0.0960. The van der Waals surface area contributed by atoms with Crippen molar-refractivity contribution in [2.45, 2.75) is 32.3 Å². The van der Waals surface area contributed by atoms with Crippen LogP contribution in [-0.2, 0) is 14.4 Å². The number of hydrogen-bond acceptors (Lipinski definition) is 8. The molecule has 0 radical (unpaired) electrons. The number of ether oxygens (including phenoxy) is 2. The molecule has 2 aliphatic rings. The van der Waals surface area contributed by atoms with Crippen molar-refractivity contribution in [3.05, 3.63) is 72.8 Å². The summed E-state index contributed by atoms with van der Waals surface area (Å²) in [6, 6.07) is 18.8. The maximum atomic E-state index is 13.1. The summed E-state index contributed by atoms with van der Waals surface area (Å²) in [5.74, 6) is -1.40. The topological polar surface area (TPSA) is 105 Å². The van der Waals surface area contributed by atoms with Crippen LogP contribution in [0.25, 0.3) is 11.1 Å². The van der Waals surface area contributed by atoms with Gasteiger partial charge in [-0.15, -0.1) is 48.5 Å². The molecule has 0 aliphatic carbocycles. The highest BCUT2D eigenvalue weighted by molar-refractivity contribution is 8.05. The second-order valence-corrected chi connectivity index (χ2v) is 13.2. The number of fused-ring (bicyclic) bond motifs is 1. The number of carboxylic acids is 1. The molecule has 2 amide bonds. The van der Waals surface area contributed by atoms with E-state index in [1.54, 1.807) is 49.6 Å². The fourth-order valence-corrected chi connectivity index (χ4v) is 8.35. The monoisotopic (exact) mass is 650 g/mol. The van der Waals surface area contributed by atoms with Crippen molar-refractivity contribution >= 4 is 53.1 Å². The highest BCUT2D eigenvalue weighted by Crippen LogP contribution is 2.49. The number of rotatable bonds is 10. The van der Waals surface area contributed by atoms with E-state index in [-0.39, 0.29) is 29.9 Å². The molecule has 14 heteroatoms. The van der Waals surface area contributed by atoms with E-state index in [2.05, 4.69) is 10.1 Å². The zero-order chi connectivity index (χ0) is 30.8. The third kappa shape index (κ3) is 7.02. The van der Waals surface area contributed by atoms with Gasteiger partial charge in [-0.3, -0.25) is 14.4 Å². The number of carbonyl (C=O) groups excluding carboxylic acids is 2. The van der Waals surface area contributed by atoms with Gasteiger partial charge in [0.2, 0.25) is 11.8 Å². The van der Waals surface area contributed by atoms with Gasteiger partial charge in [-0.2, -0.15) is 0 Å². The van der Waals surface area contributed by atoms with Gasteiger partial charge in [0.1, 0.15) is 27.7 Å². The largest absolute Gasteiger partial charge is 0.573 e. The Labute approximate surface area is 257 Å². The molecule has 0 saturated carbocycles. The average molecular weight is 651 g/mol. The minimum Gasteiger partial charge on any atom is -0.497 e. The number of halogens is 3. The first-order valence-corrected chi connectivity index (χ1v) is 15.7. The summed E-state index contributed by atoms with van der Waals surface area (Å²) in [7, 11) is 1.56. The van der Waals surface area contributed by atoms with Gasteiger partial charge in [0.05, 0.1) is 12.9 Å². The summed E-state index contributed by atoms with van der Waals surface area (Å²) in [6.07, 6.45) is -4.89. The highest BCUT2D eigenvalue weighted by Gasteiger charge is 2.58. The standard InChI is InChI=1S/C29H25F3N2O6S3/c1-39-18-7-10-20(11-8-18)41-14-23(35)33-24-25(36)34-15-28(27(37)38,16-42-26(24)34)43-22-12-9-19(40-29(30,31)32)13-21(22)17-5-3-2-4-6-17/h2-13,24,26H,14-16H2,1H3,(H,33,35)(H,37,38)/t24-,26-,28?/m1/s1. The second-order valence-electron chi connectivity index (χ2n) is 9.65. The van der Waals surface area contributed by atoms with Gasteiger partial charge in [0.15, 0.2) is 0 Å². The molecule has 2 N–H and O–H groups in total. The molecule has 8 nitrogen and oxygen atoms in total. The van der Waals surface area contributed by atoms with Gasteiger partial charge < -0.3 is 24.8 Å². The Hall–Kier alpha value is -3.49. The van der Waals surface area contributed by atoms with Crippen molar-refractivity contribution in [2.24, 2.45) is 0 Å². The van der Waals surface area contributed by atoms with Crippen LogP contribution in [0.1, 0.15) is 0 Å². The molecular weight excluding hydrogens is 626 g/mol. The number of β-lactam (4-membered cyclic amide) rings is 1. The lowest BCUT2D eigenvalue weighted by Gasteiger charge is -2.53. The number of nitrogens with one attached hydrogen (secondary N) is 1. The fraction of sp³-hybridized carbons (Fsp3) is 0.276. The van der Waals surface area contributed by atoms with Crippen molar-refractivity contribution < 1.29 is 42.1 Å². The number of nitrogens with zero attached hydrogens (tertiary/aromatic N) is 1. The number of carbonyl (C=O) groups is 3. The number of aliphatic carboxylic acids is 1. The third-order valence-electron chi connectivity index (χ3n) is 6.76. The predicted molar refractivity (Wildman–Crippen MR) is 158 cm³/mol. The van der Waals surface area contributed by atoms with E-state index in [9.17, 15) is 32.7 Å². The number of amides is 2. The molecule has 1 unspecified atom stereocenters. The van der Waals surface area contributed by atoms with E-state index < -0.39 is 34.2 Å². The maximum absolute atomic E-state index is 13.1. The molecule has 5 rings (SSSR count). The first kappa shape index (κ1) is 31.0. The summed E-state index contributed by atoms with van der Waals surface area (Å²) in [6.45, 7) is -0.133. The van der Waals surface area contributed by atoms with Gasteiger partial charge in [-0.1, -0.05) is 30.3 Å². The SMILES string of the molecule is COc1ccc(SCC(=O)N[C@@H]2C(=O)N3CC(Sc4ccc(OC(F)(F)F)cc4-c4ccccc4)(C(=O)O)CS[C@H]23)cc1. The molecule has 2 aliphatic heterocycles. The van der Waals surface area contributed by atoms with Crippen molar-refractivity contribution in [1.29, 1.82) is 0 Å². The number of alkyl halides is 3. The van der Waals surface area contributed by atoms with Gasteiger partial charge in [0.25, 0.3) is 0 Å². The number of hydrogen-bond donors (Lipinski definition) is 2. The molecule has 43 heavy (non-hydrogen) atoms. The number of methoxy groups -OCH3 is 1. The zero-order valence-electron chi connectivity index (χ0n) is 22.5. The summed E-state index contributed by atoms with van der Waals surface area (Å²) in [4.78, 5) is 41.0. The molecule has 2 heterocycles. The van der Waals surface area contributed by atoms with Crippen LogP contribution in [-0.4, -0.2) is 75.5 Å². The van der Waals surface area contributed by atoms with E-state index >= 15 is 0 Å². The Bertz CT molecular complexity index is 1510. The van der Waals surface area contributed by atoms with E-state index in [1.165, 1.54) is 40.6 Å². The first-order chi connectivity index (χ1) is 20.5. The van der Waals surface area contributed by atoms with Crippen LogP contribution in [0.5, 0.6) is 11.5 Å². The van der Waals surface area contributed by atoms with Crippen LogP contribution >= 0.6 is 35.3 Å². The quantitative estimate of drug-likeness (QED) is 0.222. The van der Waals surface area contributed by atoms with Crippen molar-refractivity contribution in [3.8, 4) is 22.6 Å². The van der Waals surface area contributed by atoms with Gasteiger partial charge in [-0.25, -0.2) is 0 Å². The molecular formula is C29H25F3N2O6S3. The molecule has 226 valence electrons. The minimum atomic E-state index is -4.89. The van der Waals surface area contributed by atoms with Crippen molar-refractivity contribution in [3.63, 3.8) is 0 Å². The Kier molecular flexibility index (Phi) is 9.09. The lowest BCUT2D eigenvalue weighted by atomic mass is 10.0. The average Bonchev–Trinajstić information content (AvgIpc) is 2.99. The number of thioether (sulfide) groups is 3. The lowest BCUT2D eigenvalue weighted by molar-refractivity contribution is -0.274. The van der Waals surface area contributed by atoms with Gasteiger partial charge in [-0.05, 0) is 53.6 Å². The molecule has 0 aromatic heterocycles. The van der Waals surface area contributed by atoms with E-state index in [4.69, 9.17) is 4.74 Å². The molecule has 0 spiro atoms. The second kappa shape index (κ2) is 12.6. The Morgan fingerprint density at radius 1 is 1.09 bits per heavy atom. The van der Waals surface area contributed by atoms with E-state index in [0.717, 1.165) is 22.7 Å². The van der Waals surface area contributed by atoms with Gasteiger partial charge >= 0.3 is 12.3 Å². The maximum Gasteiger partial charge on any atom is 0.573 e. The van der Waals surface area contributed by atoms with Gasteiger partial charge in [0, 0.05) is 22.1 Å². The Morgan fingerprint density at radius 3 is 2.44 bits per heavy atom. The Balaban J connectivity index is 1.28. The fourth-order valence-electron chi connectivity index (χ4n) is 4.67. The Morgan fingerprint density at radius 2 is 1.79 bits per heavy atom. The van der Waals surface area contributed by atoms with Crippen molar-refractivity contribution in [1.82, 2.24) is 10.2 Å². The number of carboxylic acid groups (broad SMARTS) is 1. The third-order valence-corrected chi connectivity index (χ3v) is 10.9. The number of benzene rings is 3. The molecule has 2 fully saturated rings. The van der Waals surface area contributed by atoms with Crippen molar-refractivity contribution in [2.75, 3.05) is 25.2 Å².